The number of hydrogen-bond acceptors (Lipinski definition) is 6. The van der Waals surface area contributed by atoms with E-state index >= 15 is 0 Å². The van der Waals surface area contributed by atoms with Gasteiger partial charge in [-0.1, -0.05) is 39.3 Å². The maximum Gasteiger partial charge on any atom is 0.349 e. The van der Waals surface area contributed by atoms with Crippen molar-refractivity contribution in [2.45, 2.75) is 39.5 Å². The van der Waals surface area contributed by atoms with E-state index in [1.807, 2.05) is 25.1 Å². The average molecular weight is 529 g/mol. The molecule has 0 unspecified atom stereocenters. The van der Waals surface area contributed by atoms with Gasteiger partial charge in [0.1, 0.15) is 17.4 Å². The number of nitrogens with zero attached hydrogens (tertiary/aromatic N) is 1. The number of esters is 1. The Balaban J connectivity index is 2.06. The number of nitriles is 1. The smallest absolute Gasteiger partial charge is 0.349 e. The molecule has 0 heterocycles. The van der Waals surface area contributed by atoms with Gasteiger partial charge >= 0.3 is 5.97 Å². The Morgan fingerprint density at radius 3 is 2.50 bits per heavy atom. The maximum absolute atomic E-state index is 12.3. The van der Waals surface area contributed by atoms with Crippen molar-refractivity contribution in [3.8, 4) is 23.3 Å². The summed E-state index contributed by atoms with van der Waals surface area (Å²) >= 11 is 3.46. The number of rotatable bonds is 11. The van der Waals surface area contributed by atoms with Crippen LogP contribution in [0.4, 0.5) is 0 Å². The van der Waals surface area contributed by atoms with E-state index in [2.05, 4.69) is 35.1 Å². The van der Waals surface area contributed by atoms with Crippen molar-refractivity contribution >= 4 is 33.9 Å². The van der Waals surface area contributed by atoms with Gasteiger partial charge in [-0.15, -0.1) is 0 Å². The third-order valence-corrected chi connectivity index (χ3v) is 5.49. The highest BCUT2D eigenvalue weighted by atomic mass is 79.9. The molecular weight excluding hydrogens is 500 g/mol. The first-order valence-electron chi connectivity index (χ1n) is 11.0. The molecule has 0 bridgehead atoms. The van der Waals surface area contributed by atoms with Gasteiger partial charge in [-0.2, -0.15) is 5.26 Å². The van der Waals surface area contributed by atoms with E-state index in [1.165, 1.54) is 13.2 Å². The van der Waals surface area contributed by atoms with Crippen molar-refractivity contribution in [1.82, 2.24) is 5.32 Å². The van der Waals surface area contributed by atoms with Crippen molar-refractivity contribution in [3.05, 3.63) is 57.6 Å². The molecular formula is C26H29BrN2O5. The second-order valence-electron chi connectivity index (χ2n) is 7.80. The largest absolute Gasteiger partial charge is 0.493 e. The first-order valence-corrected chi connectivity index (χ1v) is 11.8. The Bertz CT molecular complexity index is 1090. The molecule has 7 nitrogen and oxygen atoms in total. The fourth-order valence-corrected chi connectivity index (χ4v) is 3.44. The summed E-state index contributed by atoms with van der Waals surface area (Å²) in [6, 6.07) is 12.4. The first-order chi connectivity index (χ1) is 16.3. The first kappa shape index (κ1) is 26.9. The Morgan fingerprint density at radius 2 is 1.88 bits per heavy atom. The Morgan fingerprint density at radius 1 is 1.15 bits per heavy atom. The molecule has 0 atom stereocenters. The standard InChI is InChI=1S/C26H29BrN2O5/c1-5-6-11-29-26(31)20(15-28)12-18-7-9-23(24(13-18)32-4)34-25(30)16-33-22-10-8-19(17(2)3)14-21(22)27/h7-10,12-14,17H,5-6,11,16H2,1-4H3,(H,29,31)/b20-12+. The van der Waals surface area contributed by atoms with Crippen LogP contribution in [0.2, 0.25) is 0 Å². The molecule has 0 spiro atoms. The number of benzene rings is 2. The minimum atomic E-state index is -0.602. The van der Waals surface area contributed by atoms with E-state index in [1.54, 1.807) is 24.3 Å². The monoisotopic (exact) mass is 528 g/mol. The summed E-state index contributed by atoms with van der Waals surface area (Å²) in [6.07, 6.45) is 3.23. The van der Waals surface area contributed by atoms with Crippen LogP contribution in [0.15, 0.2) is 46.4 Å². The van der Waals surface area contributed by atoms with Gasteiger partial charge in [0, 0.05) is 6.54 Å². The van der Waals surface area contributed by atoms with Gasteiger partial charge in [-0.3, -0.25) is 4.79 Å². The van der Waals surface area contributed by atoms with E-state index in [4.69, 9.17) is 14.2 Å². The van der Waals surface area contributed by atoms with E-state index in [9.17, 15) is 14.9 Å². The number of methoxy groups -OCH3 is 1. The van der Waals surface area contributed by atoms with E-state index < -0.39 is 11.9 Å². The van der Waals surface area contributed by atoms with Crippen LogP contribution in [0.1, 0.15) is 50.7 Å². The molecule has 8 heteroatoms. The van der Waals surface area contributed by atoms with Gasteiger partial charge in [0.05, 0.1) is 11.6 Å². The highest BCUT2D eigenvalue weighted by molar-refractivity contribution is 9.10. The number of nitrogens with one attached hydrogen (secondary N) is 1. The summed E-state index contributed by atoms with van der Waals surface area (Å²) < 4.78 is 17.1. The molecule has 0 fully saturated rings. The minimum Gasteiger partial charge on any atom is -0.493 e. The third-order valence-electron chi connectivity index (χ3n) is 4.87. The lowest BCUT2D eigenvalue weighted by molar-refractivity contribution is -0.136. The molecule has 2 aromatic rings. The lowest BCUT2D eigenvalue weighted by atomic mass is 10.0. The summed E-state index contributed by atoms with van der Waals surface area (Å²) in [5.74, 6) is 0.363. The second kappa shape index (κ2) is 13.4. The summed E-state index contributed by atoms with van der Waals surface area (Å²) in [4.78, 5) is 24.5. The van der Waals surface area contributed by atoms with Crippen LogP contribution in [-0.4, -0.2) is 32.1 Å². The summed E-state index contributed by atoms with van der Waals surface area (Å²) in [5.41, 5.74) is 1.69. The molecule has 1 N–H and O–H groups in total. The van der Waals surface area contributed by atoms with Crippen molar-refractivity contribution in [2.75, 3.05) is 20.3 Å². The highest BCUT2D eigenvalue weighted by Gasteiger charge is 2.14. The topological polar surface area (TPSA) is 97.7 Å². The lowest BCUT2D eigenvalue weighted by Crippen LogP contribution is -2.25. The van der Waals surface area contributed by atoms with Crippen LogP contribution in [-0.2, 0) is 9.59 Å². The normalized spacial score (nSPS) is 11.0. The van der Waals surface area contributed by atoms with Gasteiger partial charge in [0.2, 0.25) is 0 Å². The van der Waals surface area contributed by atoms with Gasteiger partial charge in [0.25, 0.3) is 5.91 Å². The number of halogens is 1. The molecule has 0 saturated heterocycles. The third kappa shape index (κ3) is 7.92. The van der Waals surface area contributed by atoms with Crippen LogP contribution >= 0.6 is 15.9 Å². The fraction of sp³-hybridized carbons (Fsp3) is 0.346. The van der Waals surface area contributed by atoms with Gasteiger partial charge < -0.3 is 19.5 Å². The van der Waals surface area contributed by atoms with E-state index in [0.717, 1.165) is 22.9 Å². The molecule has 0 aliphatic heterocycles. The summed E-state index contributed by atoms with van der Waals surface area (Å²) in [7, 11) is 1.44. The molecule has 34 heavy (non-hydrogen) atoms. The molecule has 2 aromatic carbocycles. The van der Waals surface area contributed by atoms with Crippen LogP contribution in [0, 0.1) is 11.3 Å². The fourth-order valence-electron chi connectivity index (χ4n) is 2.93. The summed E-state index contributed by atoms with van der Waals surface area (Å²) in [6.45, 7) is 6.42. The van der Waals surface area contributed by atoms with Crippen LogP contribution in [0.5, 0.6) is 17.2 Å². The quantitative estimate of drug-likeness (QED) is 0.138. The molecule has 0 saturated carbocycles. The zero-order valence-corrected chi connectivity index (χ0v) is 21.4. The van der Waals surface area contributed by atoms with Crippen LogP contribution in [0.3, 0.4) is 0 Å². The SMILES string of the molecule is CCCCNC(=O)/C(C#N)=C/c1ccc(OC(=O)COc2ccc(C(C)C)cc2Br)c(OC)c1. The lowest BCUT2D eigenvalue weighted by Gasteiger charge is -2.12. The molecule has 180 valence electrons. The number of unbranched alkanes of at least 4 members (excludes halogenated alkanes) is 1. The van der Waals surface area contributed by atoms with Crippen LogP contribution in [0.25, 0.3) is 6.08 Å². The molecule has 0 radical (unpaired) electrons. The molecule has 0 aliphatic rings. The predicted octanol–water partition coefficient (Wildman–Crippen LogP) is 5.39. The second-order valence-corrected chi connectivity index (χ2v) is 8.65. The summed E-state index contributed by atoms with van der Waals surface area (Å²) in [5, 5.41) is 12.0. The van der Waals surface area contributed by atoms with Crippen molar-refractivity contribution in [2.24, 2.45) is 0 Å². The van der Waals surface area contributed by atoms with Gasteiger partial charge in [0.15, 0.2) is 18.1 Å². The van der Waals surface area contributed by atoms with E-state index in [0.29, 0.717) is 23.8 Å². The Labute approximate surface area is 208 Å². The average Bonchev–Trinajstić information content (AvgIpc) is 2.82. The highest BCUT2D eigenvalue weighted by Crippen LogP contribution is 2.30. The number of carbonyl (C=O) groups is 2. The van der Waals surface area contributed by atoms with E-state index in [-0.39, 0.29) is 23.7 Å². The van der Waals surface area contributed by atoms with Crippen molar-refractivity contribution in [3.63, 3.8) is 0 Å². The zero-order chi connectivity index (χ0) is 25.1. The number of hydrogen-bond donors (Lipinski definition) is 1. The molecule has 1 amide bonds. The van der Waals surface area contributed by atoms with Gasteiger partial charge in [-0.25, -0.2) is 4.79 Å². The number of ether oxygens (including phenoxy) is 3. The Kier molecular flexibility index (Phi) is 10.6. The molecule has 0 aliphatic carbocycles. The van der Waals surface area contributed by atoms with Crippen molar-refractivity contribution < 1.29 is 23.8 Å². The number of carbonyl (C=O) groups excluding carboxylic acids is 2. The number of amides is 1. The van der Waals surface area contributed by atoms with Crippen molar-refractivity contribution in [1.29, 1.82) is 5.26 Å². The van der Waals surface area contributed by atoms with Gasteiger partial charge in [-0.05, 0) is 69.7 Å². The molecule has 2 rings (SSSR count). The maximum atomic E-state index is 12.3. The predicted molar refractivity (Wildman–Crippen MR) is 134 cm³/mol. The Hall–Kier alpha value is -3.31. The zero-order valence-electron chi connectivity index (χ0n) is 19.8. The van der Waals surface area contributed by atoms with Crippen LogP contribution < -0.4 is 19.5 Å². The minimum absolute atomic E-state index is 0.0228. The molecule has 0 aromatic heterocycles.